The minimum Gasteiger partial charge on any atom is -0.377 e. The lowest BCUT2D eigenvalue weighted by Crippen LogP contribution is -2.38. The average molecular weight is 201 g/mol. The Morgan fingerprint density at radius 1 is 1.29 bits per heavy atom. The molecule has 1 saturated heterocycles. The third-order valence-corrected chi connectivity index (χ3v) is 2.28. The van der Waals surface area contributed by atoms with Gasteiger partial charge in [-0.3, -0.25) is 4.84 Å². The predicted molar refractivity (Wildman–Crippen MR) is 51.0 cm³/mol. The van der Waals surface area contributed by atoms with E-state index in [-0.39, 0.29) is 18.3 Å². The summed E-state index contributed by atoms with van der Waals surface area (Å²) in [4.78, 5) is 5.02. The van der Waals surface area contributed by atoms with Crippen LogP contribution in [0.15, 0.2) is 0 Å². The smallest absolute Gasteiger partial charge is 0.113 e. The third kappa shape index (κ3) is 2.46. The van der Waals surface area contributed by atoms with Gasteiger partial charge in [-0.25, -0.2) is 5.48 Å². The van der Waals surface area contributed by atoms with Crippen molar-refractivity contribution in [3.63, 3.8) is 0 Å². The molecular weight excluding hydrogens is 185 g/mol. The van der Waals surface area contributed by atoms with Crippen LogP contribution >= 0.6 is 0 Å². The highest BCUT2D eigenvalue weighted by molar-refractivity contribution is 6.11. The van der Waals surface area contributed by atoms with Gasteiger partial charge in [0.1, 0.15) is 26.2 Å². The number of hydrogen-bond donors (Lipinski definition) is 1. The van der Waals surface area contributed by atoms with E-state index in [1.807, 2.05) is 0 Å². The van der Waals surface area contributed by atoms with Crippen LogP contribution in [0.1, 0.15) is 0 Å². The first-order valence-electron chi connectivity index (χ1n) is 4.49. The summed E-state index contributed by atoms with van der Waals surface area (Å²) in [6, 6.07) is -0.463. The number of hydroxylamine groups is 1. The van der Waals surface area contributed by atoms with Crippen molar-refractivity contribution in [2.24, 2.45) is 0 Å². The molecule has 0 spiro atoms. The van der Waals surface area contributed by atoms with E-state index in [4.69, 9.17) is 26.9 Å². The summed E-state index contributed by atoms with van der Waals surface area (Å²) in [7, 11) is 10.6. The lowest BCUT2D eigenvalue weighted by atomic mass is 9.93. The number of nitrogens with one attached hydrogen (secondary N) is 1. The molecule has 0 aromatic rings. The molecule has 0 unspecified atom stereocenters. The van der Waals surface area contributed by atoms with Crippen LogP contribution in [0.4, 0.5) is 0 Å². The van der Waals surface area contributed by atoms with Gasteiger partial charge in [-0.2, -0.15) is 0 Å². The highest BCUT2D eigenvalue weighted by Gasteiger charge is 2.42. The molecule has 0 amide bonds. The molecule has 1 rings (SSSR count). The van der Waals surface area contributed by atoms with Crippen molar-refractivity contribution in [1.82, 2.24) is 5.48 Å². The van der Waals surface area contributed by atoms with E-state index < -0.39 is 6.00 Å². The second-order valence-corrected chi connectivity index (χ2v) is 3.05. The number of hydrogen-bond acceptors (Lipinski definition) is 5. The lowest BCUT2D eigenvalue weighted by Gasteiger charge is -2.20. The maximum absolute atomic E-state index is 5.71. The normalized spacial score (nSPS) is 37.6. The molecule has 6 heteroatoms. The van der Waals surface area contributed by atoms with Crippen molar-refractivity contribution in [2.75, 3.05) is 27.9 Å². The highest BCUT2D eigenvalue weighted by Crippen LogP contribution is 2.24. The fraction of sp³-hybridized carbons (Fsp3) is 1.00. The Balaban J connectivity index is 2.51. The van der Waals surface area contributed by atoms with Gasteiger partial charge in [0, 0.05) is 27.3 Å². The molecule has 0 saturated carbocycles. The number of methoxy groups -OCH3 is 2. The number of ether oxygens (including phenoxy) is 3. The van der Waals surface area contributed by atoms with Gasteiger partial charge in [0.25, 0.3) is 0 Å². The van der Waals surface area contributed by atoms with E-state index in [0.29, 0.717) is 6.61 Å². The van der Waals surface area contributed by atoms with E-state index >= 15 is 0 Å². The van der Waals surface area contributed by atoms with Crippen molar-refractivity contribution in [3.05, 3.63) is 0 Å². The minimum absolute atomic E-state index is 0.191. The highest BCUT2D eigenvalue weighted by atomic mass is 16.7. The molecule has 2 radical (unpaired) electrons. The van der Waals surface area contributed by atoms with Gasteiger partial charge in [-0.05, 0) is 0 Å². The third-order valence-electron chi connectivity index (χ3n) is 2.28. The Hall–Kier alpha value is -0.135. The van der Waals surface area contributed by atoms with Gasteiger partial charge in [0.05, 0.1) is 6.61 Å². The predicted octanol–water partition coefficient (Wildman–Crippen LogP) is -0.939. The topological polar surface area (TPSA) is 49.0 Å². The fourth-order valence-electron chi connectivity index (χ4n) is 1.61. The van der Waals surface area contributed by atoms with Crippen LogP contribution in [0, 0.1) is 0 Å². The Morgan fingerprint density at radius 3 is 2.43 bits per heavy atom. The first kappa shape index (κ1) is 11.9. The maximum Gasteiger partial charge on any atom is 0.113 e. The summed E-state index contributed by atoms with van der Waals surface area (Å²) in [6.45, 7) is 0.378. The average Bonchev–Trinajstić information content (AvgIpc) is 2.50. The first-order valence-corrected chi connectivity index (χ1v) is 4.49. The molecular formula is C8H16BNO4. The van der Waals surface area contributed by atoms with E-state index in [9.17, 15) is 0 Å². The maximum atomic E-state index is 5.71. The molecule has 0 aromatic carbocycles. The van der Waals surface area contributed by atoms with Crippen LogP contribution in [0.3, 0.4) is 0 Å². The first-order chi connectivity index (χ1) is 6.74. The zero-order valence-electron chi connectivity index (χ0n) is 8.73. The van der Waals surface area contributed by atoms with Crippen LogP contribution in [0.25, 0.3) is 0 Å². The Bertz CT molecular complexity index is 171. The van der Waals surface area contributed by atoms with Crippen molar-refractivity contribution < 1.29 is 19.0 Å². The summed E-state index contributed by atoms with van der Waals surface area (Å²) in [5.41, 5.74) is 2.57. The molecule has 0 aromatic heterocycles. The molecule has 1 fully saturated rings. The second kappa shape index (κ2) is 5.67. The fourth-order valence-corrected chi connectivity index (χ4v) is 1.61. The van der Waals surface area contributed by atoms with Crippen LogP contribution in [0.2, 0.25) is 0 Å². The summed E-state index contributed by atoms with van der Waals surface area (Å²) in [5.74, 6) is 0. The van der Waals surface area contributed by atoms with Gasteiger partial charge in [0.15, 0.2) is 0 Å². The van der Waals surface area contributed by atoms with Gasteiger partial charge < -0.3 is 14.2 Å². The van der Waals surface area contributed by atoms with Gasteiger partial charge in [0.2, 0.25) is 0 Å². The molecule has 1 N–H and O–H groups in total. The zero-order valence-corrected chi connectivity index (χ0v) is 8.73. The summed E-state index contributed by atoms with van der Waals surface area (Å²) in [6.07, 6.45) is -0.638. The monoisotopic (exact) mass is 201 g/mol. The second-order valence-electron chi connectivity index (χ2n) is 3.05. The zero-order chi connectivity index (χ0) is 10.6. The summed E-state index contributed by atoms with van der Waals surface area (Å²) < 4.78 is 15.9. The molecule has 4 atom stereocenters. The standard InChI is InChI=1S/C8H16BNO4/c1-10-13-4-5-6(11-2)7(12-3)8(9)14-5/h5-8,10H,4H2,1-3H3/t5-,6-,7-,8-/m1/s1. The largest absolute Gasteiger partial charge is 0.377 e. The molecule has 14 heavy (non-hydrogen) atoms. The Labute approximate surface area is 85.4 Å². The Kier molecular flexibility index (Phi) is 4.84. The van der Waals surface area contributed by atoms with Crippen molar-refractivity contribution in [1.29, 1.82) is 0 Å². The van der Waals surface area contributed by atoms with Crippen molar-refractivity contribution in [2.45, 2.75) is 24.3 Å². The van der Waals surface area contributed by atoms with Crippen LogP contribution in [-0.4, -0.2) is 60.0 Å². The van der Waals surface area contributed by atoms with Gasteiger partial charge >= 0.3 is 0 Å². The van der Waals surface area contributed by atoms with E-state index in [2.05, 4.69) is 5.48 Å². The van der Waals surface area contributed by atoms with E-state index in [0.717, 1.165) is 0 Å². The van der Waals surface area contributed by atoms with Crippen molar-refractivity contribution in [3.8, 4) is 0 Å². The molecule has 1 heterocycles. The summed E-state index contributed by atoms with van der Waals surface area (Å²) in [5, 5.41) is 0. The van der Waals surface area contributed by atoms with Crippen molar-refractivity contribution >= 4 is 7.85 Å². The molecule has 1 aliphatic heterocycles. The number of rotatable bonds is 5. The lowest BCUT2D eigenvalue weighted by molar-refractivity contribution is -0.0716. The SMILES string of the molecule is [B][C@@H]1O[C@H](CONC)[C@@H](OC)[C@H]1OC. The Morgan fingerprint density at radius 2 is 1.93 bits per heavy atom. The van der Waals surface area contributed by atoms with Crippen LogP contribution in [0.5, 0.6) is 0 Å². The molecule has 80 valence electrons. The van der Waals surface area contributed by atoms with Crippen LogP contribution < -0.4 is 5.48 Å². The van der Waals surface area contributed by atoms with Gasteiger partial charge in [-0.1, -0.05) is 0 Å². The molecule has 0 bridgehead atoms. The minimum atomic E-state index is -0.463. The quantitative estimate of drug-likeness (QED) is 0.459. The summed E-state index contributed by atoms with van der Waals surface area (Å²) >= 11 is 0. The van der Waals surface area contributed by atoms with E-state index in [1.165, 1.54) is 0 Å². The van der Waals surface area contributed by atoms with Crippen LogP contribution in [-0.2, 0) is 19.0 Å². The molecule has 5 nitrogen and oxygen atoms in total. The van der Waals surface area contributed by atoms with E-state index in [1.54, 1.807) is 21.3 Å². The molecule has 1 aliphatic rings. The molecule has 0 aliphatic carbocycles. The van der Waals surface area contributed by atoms with Gasteiger partial charge in [-0.15, -0.1) is 0 Å².